The summed E-state index contributed by atoms with van der Waals surface area (Å²) in [6, 6.07) is 9.49. The zero-order valence-electron chi connectivity index (χ0n) is 11.3. The van der Waals surface area contributed by atoms with Crippen molar-refractivity contribution in [2.45, 2.75) is 18.9 Å². The second-order valence-corrected chi connectivity index (χ2v) is 4.76. The van der Waals surface area contributed by atoms with Crippen molar-refractivity contribution in [1.82, 2.24) is 4.90 Å². The number of rotatable bonds is 6. The summed E-state index contributed by atoms with van der Waals surface area (Å²) in [6.45, 7) is 3.79. The largest absolute Gasteiger partial charge is 0.492 e. The highest BCUT2D eigenvalue weighted by Gasteiger charge is 2.21. The quantitative estimate of drug-likeness (QED) is 0.734. The minimum absolute atomic E-state index is 0.389. The first-order valence-corrected chi connectivity index (χ1v) is 6.70. The van der Waals surface area contributed by atoms with Gasteiger partial charge in [0.2, 0.25) is 0 Å². The molecule has 19 heavy (non-hydrogen) atoms. The van der Waals surface area contributed by atoms with Crippen LogP contribution in [0.3, 0.4) is 0 Å². The van der Waals surface area contributed by atoms with E-state index in [1.165, 1.54) is 0 Å². The monoisotopic (exact) mass is 260 g/mol. The fourth-order valence-corrected chi connectivity index (χ4v) is 2.35. The summed E-state index contributed by atoms with van der Waals surface area (Å²) in [5.41, 5.74) is 0.600. The average Bonchev–Trinajstić information content (AvgIpc) is 2.92. The molecule has 0 aliphatic carbocycles. The first kappa shape index (κ1) is 13.9. The zero-order valence-corrected chi connectivity index (χ0v) is 11.3. The van der Waals surface area contributed by atoms with Crippen LogP contribution in [0.1, 0.15) is 18.4 Å². The lowest BCUT2D eigenvalue weighted by Gasteiger charge is -2.15. The Balaban J connectivity index is 1.69. The molecule has 4 heteroatoms. The van der Waals surface area contributed by atoms with Crippen molar-refractivity contribution in [1.29, 1.82) is 5.26 Å². The van der Waals surface area contributed by atoms with E-state index in [-0.39, 0.29) is 0 Å². The lowest BCUT2D eigenvalue weighted by molar-refractivity contribution is 0.107. The fraction of sp³-hybridized carbons (Fsp3) is 0.533. The molecule has 2 rings (SSSR count). The summed E-state index contributed by atoms with van der Waals surface area (Å²) >= 11 is 0. The van der Waals surface area contributed by atoms with Crippen LogP contribution in [-0.2, 0) is 4.74 Å². The van der Waals surface area contributed by atoms with E-state index in [4.69, 9.17) is 14.7 Å². The van der Waals surface area contributed by atoms with E-state index in [9.17, 15) is 0 Å². The number of nitriles is 1. The van der Waals surface area contributed by atoms with Crippen LogP contribution in [0.15, 0.2) is 24.3 Å². The number of hydrogen-bond acceptors (Lipinski definition) is 4. The Morgan fingerprint density at radius 2 is 2.26 bits per heavy atom. The molecule has 0 spiro atoms. The summed E-state index contributed by atoms with van der Waals surface area (Å²) < 4.78 is 11.0. The number of hydrogen-bond donors (Lipinski definition) is 0. The Morgan fingerprint density at radius 3 is 3.00 bits per heavy atom. The van der Waals surface area contributed by atoms with Crippen molar-refractivity contribution in [2.24, 2.45) is 0 Å². The fourth-order valence-electron chi connectivity index (χ4n) is 2.35. The predicted octanol–water partition coefficient (Wildman–Crippen LogP) is 2.05. The van der Waals surface area contributed by atoms with Gasteiger partial charge in [-0.1, -0.05) is 12.1 Å². The maximum Gasteiger partial charge on any atom is 0.137 e. The molecule has 0 N–H and O–H groups in total. The van der Waals surface area contributed by atoms with Crippen molar-refractivity contribution in [3.63, 3.8) is 0 Å². The Bertz CT molecular complexity index is 442. The van der Waals surface area contributed by atoms with Gasteiger partial charge in [-0.3, -0.25) is 0 Å². The third kappa shape index (κ3) is 3.95. The SMILES string of the molecule is COC1CCN(CCCOc2ccccc2C#N)C1. The van der Waals surface area contributed by atoms with Crippen LogP contribution in [-0.4, -0.2) is 44.4 Å². The molecule has 1 heterocycles. The second kappa shape index (κ2) is 7.13. The Hall–Kier alpha value is -1.57. The highest BCUT2D eigenvalue weighted by Crippen LogP contribution is 2.17. The van der Waals surface area contributed by atoms with Crippen molar-refractivity contribution in [3.05, 3.63) is 29.8 Å². The molecular weight excluding hydrogens is 240 g/mol. The second-order valence-electron chi connectivity index (χ2n) is 4.76. The van der Waals surface area contributed by atoms with Gasteiger partial charge in [0.15, 0.2) is 0 Å². The summed E-state index contributed by atoms with van der Waals surface area (Å²) in [6.07, 6.45) is 2.48. The van der Waals surface area contributed by atoms with E-state index < -0.39 is 0 Å². The van der Waals surface area contributed by atoms with Gasteiger partial charge in [0.25, 0.3) is 0 Å². The van der Waals surface area contributed by atoms with E-state index in [1.807, 2.05) is 18.2 Å². The minimum atomic E-state index is 0.389. The molecule has 1 aromatic rings. The standard InChI is InChI=1S/C15H20N2O2/c1-18-14-7-9-17(12-14)8-4-10-19-15-6-3-2-5-13(15)11-16/h2-3,5-6,14H,4,7-10,12H2,1H3. The van der Waals surface area contributed by atoms with Crippen LogP contribution in [0.25, 0.3) is 0 Å². The van der Waals surface area contributed by atoms with Gasteiger partial charge in [-0.25, -0.2) is 0 Å². The van der Waals surface area contributed by atoms with E-state index in [1.54, 1.807) is 13.2 Å². The molecule has 0 amide bonds. The molecule has 1 aromatic carbocycles. The van der Waals surface area contributed by atoms with Gasteiger partial charge in [-0.05, 0) is 25.0 Å². The number of ether oxygens (including phenoxy) is 2. The van der Waals surface area contributed by atoms with Crippen LogP contribution >= 0.6 is 0 Å². The van der Waals surface area contributed by atoms with Crippen LogP contribution in [0.4, 0.5) is 0 Å². The van der Waals surface area contributed by atoms with Crippen molar-refractivity contribution < 1.29 is 9.47 Å². The third-order valence-electron chi connectivity index (χ3n) is 3.45. The molecule has 1 unspecified atom stereocenters. The molecular formula is C15H20N2O2. The average molecular weight is 260 g/mol. The Morgan fingerprint density at radius 1 is 1.42 bits per heavy atom. The topological polar surface area (TPSA) is 45.5 Å². The van der Waals surface area contributed by atoms with Gasteiger partial charge in [-0.2, -0.15) is 5.26 Å². The molecule has 4 nitrogen and oxygen atoms in total. The summed E-state index contributed by atoms with van der Waals surface area (Å²) in [4.78, 5) is 2.40. The summed E-state index contributed by atoms with van der Waals surface area (Å²) in [7, 11) is 1.77. The lowest BCUT2D eigenvalue weighted by Crippen LogP contribution is -2.25. The van der Waals surface area contributed by atoms with E-state index >= 15 is 0 Å². The molecule has 1 fully saturated rings. The maximum atomic E-state index is 8.95. The van der Waals surface area contributed by atoms with Gasteiger partial charge < -0.3 is 14.4 Å². The first-order valence-electron chi connectivity index (χ1n) is 6.70. The highest BCUT2D eigenvalue weighted by atomic mass is 16.5. The van der Waals surface area contributed by atoms with Crippen LogP contribution in [0.2, 0.25) is 0 Å². The number of likely N-dealkylation sites (tertiary alicyclic amines) is 1. The van der Waals surface area contributed by atoms with Gasteiger partial charge in [-0.15, -0.1) is 0 Å². The van der Waals surface area contributed by atoms with Gasteiger partial charge in [0, 0.05) is 26.7 Å². The normalized spacial score (nSPS) is 19.3. The summed E-state index contributed by atoms with van der Waals surface area (Å²) in [5.74, 6) is 0.682. The van der Waals surface area contributed by atoms with Gasteiger partial charge in [0.1, 0.15) is 11.8 Å². The molecule has 102 valence electrons. The lowest BCUT2D eigenvalue weighted by atomic mass is 10.2. The number of para-hydroxylation sites is 1. The smallest absolute Gasteiger partial charge is 0.137 e. The minimum Gasteiger partial charge on any atom is -0.492 e. The highest BCUT2D eigenvalue weighted by molar-refractivity contribution is 5.42. The number of benzene rings is 1. The Kier molecular flexibility index (Phi) is 5.20. The molecule has 1 atom stereocenters. The first-order chi connectivity index (χ1) is 9.33. The Labute approximate surface area is 114 Å². The van der Waals surface area contributed by atoms with E-state index in [2.05, 4.69) is 11.0 Å². The van der Waals surface area contributed by atoms with Crippen molar-refractivity contribution in [2.75, 3.05) is 33.4 Å². The van der Waals surface area contributed by atoms with Crippen LogP contribution in [0.5, 0.6) is 5.75 Å². The summed E-state index contributed by atoms with van der Waals surface area (Å²) in [5, 5.41) is 8.95. The maximum absolute atomic E-state index is 8.95. The van der Waals surface area contributed by atoms with Gasteiger partial charge in [0.05, 0.1) is 18.3 Å². The van der Waals surface area contributed by atoms with Crippen LogP contribution in [0, 0.1) is 11.3 Å². The van der Waals surface area contributed by atoms with Crippen molar-refractivity contribution >= 4 is 0 Å². The molecule has 0 bridgehead atoms. The predicted molar refractivity (Wildman–Crippen MR) is 73.1 cm³/mol. The molecule has 1 saturated heterocycles. The van der Waals surface area contributed by atoms with Crippen molar-refractivity contribution in [3.8, 4) is 11.8 Å². The molecule has 0 saturated carbocycles. The molecule has 1 aliphatic heterocycles. The molecule has 0 radical (unpaired) electrons. The number of methoxy groups -OCH3 is 1. The van der Waals surface area contributed by atoms with Gasteiger partial charge >= 0.3 is 0 Å². The zero-order chi connectivity index (χ0) is 13.5. The van der Waals surface area contributed by atoms with E-state index in [0.29, 0.717) is 24.0 Å². The van der Waals surface area contributed by atoms with Crippen LogP contribution < -0.4 is 4.74 Å². The molecule has 0 aromatic heterocycles. The third-order valence-corrected chi connectivity index (χ3v) is 3.45. The van der Waals surface area contributed by atoms with E-state index in [0.717, 1.165) is 32.5 Å². The molecule has 1 aliphatic rings. The number of nitrogens with zero attached hydrogens (tertiary/aromatic N) is 2.